The third-order valence-electron chi connectivity index (χ3n) is 2.95. The minimum Gasteiger partial charge on any atom is -0.494 e. The first-order valence-corrected chi connectivity index (χ1v) is 7.18. The molecule has 0 spiro atoms. The van der Waals surface area contributed by atoms with Crippen molar-refractivity contribution >= 4 is 5.97 Å². The number of hydrogen-bond acceptors (Lipinski definition) is 6. The van der Waals surface area contributed by atoms with Crippen LogP contribution in [0.4, 0.5) is 4.39 Å². The standard InChI is InChI=1S/C16H24FNO5/c1-16(2,3)23-15(20)18-12(14(19)22-5)9-10-6-7-13(21-4)11(17)8-10/h6-8,12,15,18,20H,9H2,1-5H3. The number of benzene rings is 1. The molecule has 0 saturated carbocycles. The Hall–Kier alpha value is -1.70. The molecule has 0 aromatic heterocycles. The van der Waals surface area contributed by atoms with Crippen LogP contribution in [0.3, 0.4) is 0 Å². The quantitative estimate of drug-likeness (QED) is 0.584. The number of rotatable bonds is 7. The van der Waals surface area contributed by atoms with Crippen LogP contribution < -0.4 is 10.1 Å². The van der Waals surface area contributed by atoms with Crippen molar-refractivity contribution in [2.45, 2.75) is 45.2 Å². The van der Waals surface area contributed by atoms with Crippen molar-refractivity contribution in [3.63, 3.8) is 0 Å². The maximum Gasteiger partial charge on any atom is 0.323 e. The lowest BCUT2D eigenvalue weighted by Gasteiger charge is -2.27. The fraction of sp³-hybridized carbons (Fsp3) is 0.562. The van der Waals surface area contributed by atoms with Gasteiger partial charge in [0.15, 0.2) is 11.6 Å². The van der Waals surface area contributed by atoms with Crippen LogP contribution in [-0.2, 0) is 20.7 Å². The Balaban J connectivity index is 2.83. The summed E-state index contributed by atoms with van der Waals surface area (Å²) in [6.07, 6.45) is -1.24. The molecule has 0 amide bonds. The lowest BCUT2D eigenvalue weighted by molar-refractivity contribution is -0.189. The first-order chi connectivity index (χ1) is 10.7. The van der Waals surface area contributed by atoms with Gasteiger partial charge >= 0.3 is 5.97 Å². The summed E-state index contributed by atoms with van der Waals surface area (Å²) in [6, 6.07) is 3.50. The van der Waals surface area contributed by atoms with E-state index in [-0.39, 0.29) is 12.2 Å². The van der Waals surface area contributed by atoms with E-state index < -0.39 is 29.8 Å². The van der Waals surface area contributed by atoms with E-state index >= 15 is 0 Å². The SMILES string of the molecule is COC(=O)C(Cc1ccc(OC)c(F)c1)NC(O)OC(C)(C)C. The number of carbonyl (C=O) groups excluding carboxylic acids is 1. The number of hydrogen-bond donors (Lipinski definition) is 2. The van der Waals surface area contributed by atoms with Gasteiger partial charge in [0.05, 0.1) is 19.8 Å². The topological polar surface area (TPSA) is 77.0 Å². The van der Waals surface area contributed by atoms with Gasteiger partial charge in [-0.25, -0.2) is 4.39 Å². The molecule has 1 rings (SSSR count). The van der Waals surface area contributed by atoms with Crippen molar-refractivity contribution in [1.82, 2.24) is 5.32 Å². The number of esters is 1. The molecule has 0 aliphatic rings. The molecular formula is C16H24FNO5. The summed E-state index contributed by atoms with van der Waals surface area (Å²) in [5.74, 6) is -0.995. The third kappa shape index (κ3) is 6.52. The summed E-state index contributed by atoms with van der Waals surface area (Å²) in [5, 5.41) is 12.5. The van der Waals surface area contributed by atoms with Crippen LogP contribution in [0.25, 0.3) is 0 Å². The fourth-order valence-corrected chi connectivity index (χ4v) is 1.97. The second-order valence-corrected chi connectivity index (χ2v) is 6.00. The van der Waals surface area contributed by atoms with Gasteiger partial charge in [0.25, 0.3) is 0 Å². The summed E-state index contributed by atoms with van der Waals surface area (Å²) in [4.78, 5) is 11.9. The van der Waals surface area contributed by atoms with E-state index in [9.17, 15) is 14.3 Å². The summed E-state index contributed by atoms with van der Waals surface area (Å²) >= 11 is 0. The van der Waals surface area contributed by atoms with Crippen LogP contribution in [0.1, 0.15) is 26.3 Å². The second kappa shape index (κ2) is 8.24. The van der Waals surface area contributed by atoms with E-state index in [0.717, 1.165) is 0 Å². The van der Waals surface area contributed by atoms with Gasteiger partial charge in [0.2, 0.25) is 6.41 Å². The van der Waals surface area contributed by atoms with Crippen molar-refractivity contribution in [2.75, 3.05) is 14.2 Å². The van der Waals surface area contributed by atoms with Crippen LogP contribution >= 0.6 is 0 Å². The molecule has 23 heavy (non-hydrogen) atoms. The Morgan fingerprint density at radius 2 is 2.00 bits per heavy atom. The van der Waals surface area contributed by atoms with Crippen LogP contribution in [0, 0.1) is 5.82 Å². The van der Waals surface area contributed by atoms with Crippen LogP contribution in [0.5, 0.6) is 5.75 Å². The molecule has 2 unspecified atom stereocenters. The normalized spacial score (nSPS) is 14.2. The van der Waals surface area contributed by atoms with Gasteiger partial charge in [-0.05, 0) is 44.9 Å². The van der Waals surface area contributed by atoms with E-state index in [0.29, 0.717) is 5.56 Å². The Bertz CT molecular complexity index is 530. The highest BCUT2D eigenvalue weighted by Gasteiger charge is 2.25. The van der Waals surface area contributed by atoms with Gasteiger partial charge < -0.3 is 19.3 Å². The van der Waals surface area contributed by atoms with Crippen molar-refractivity contribution in [3.05, 3.63) is 29.6 Å². The van der Waals surface area contributed by atoms with E-state index in [4.69, 9.17) is 14.2 Å². The van der Waals surface area contributed by atoms with Gasteiger partial charge in [0.1, 0.15) is 6.04 Å². The molecule has 0 heterocycles. The number of aliphatic hydroxyl groups excluding tert-OH is 1. The van der Waals surface area contributed by atoms with Gasteiger partial charge in [-0.2, -0.15) is 0 Å². The highest BCUT2D eigenvalue weighted by molar-refractivity contribution is 5.76. The molecule has 0 aliphatic carbocycles. The predicted molar refractivity (Wildman–Crippen MR) is 82.4 cm³/mol. The molecule has 6 nitrogen and oxygen atoms in total. The molecule has 0 saturated heterocycles. The third-order valence-corrected chi connectivity index (χ3v) is 2.95. The van der Waals surface area contributed by atoms with Crippen molar-refractivity contribution in [3.8, 4) is 5.75 Å². The smallest absolute Gasteiger partial charge is 0.323 e. The van der Waals surface area contributed by atoms with Crippen molar-refractivity contribution < 1.29 is 28.5 Å². The van der Waals surface area contributed by atoms with Crippen LogP contribution in [-0.4, -0.2) is 43.4 Å². The number of carbonyl (C=O) groups is 1. The highest BCUT2D eigenvalue weighted by Crippen LogP contribution is 2.19. The van der Waals surface area contributed by atoms with Gasteiger partial charge in [-0.1, -0.05) is 6.07 Å². The van der Waals surface area contributed by atoms with Crippen molar-refractivity contribution in [1.29, 1.82) is 0 Å². The molecule has 2 atom stereocenters. The summed E-state index contributed by atoms with van der Waals surface area (Å²) in [6.45, 7) is 5.30. The molecule has 0 aliphatic heterocycles. The van der Waals surface area contributed by atoms with E-state index in [1.807, 2.05) is 0 Å². The zero-order chi connectivity index (χ0) is 17.6. The van der Waals surface area contributed by atoms with Crippen LogP contribution in [0.15, 0.2) is 18.2 Å². The molecule has 0 bridgehead atoms. The molecule has 130 valence electrons. The molecule has 7 heteroatoms. The first-order valence-electron chi connectivity index (χ1n) is 7.18. The van der Waals surface area contributed by atoms with E-state index in [1.54, 1.807) is 26.8 Å². The summed E-state index contributed by atoms with van der Waals surface area (Å²) < 4.78 is 28.6. The average molecular weight is 329 g/mol. The van der Waals surface area contributed by atoms with E-state index in [2.05, 4.69) is 5.32 Å². The zero-order valence-electron chi connectivity index (χ0n) is 14.1. The van der Waals surface area contributed by atoms with Crippen LogP contribution in [0.2, 0.25) is 0 Å². The Labute approximate surface area is 135 Å². The minimum atomic E-state index is -1.36. The van der Waals surface area contributed by atoms with Gasteiger partial charge in [-0.15, -0.1) is 0 Å². The maximum atomic E-state index is 13.7. The summed E-state index contributed by atoms with van der Waals surface area (Å²) in [5.41, 5.74) is -0.0478. The molecule has 2 N–H and O–H groups in total. The lowest BCUT2D eigenvalue weighted by Crippen LogP contribution is -2.48. The molecular weight excluding hydrogens is 305 g/mol. The largest absolute Gasteiger partial charge is 0.494 e. The monoisotopic (exact) mass is 329 g/mol. The molecule has 0 radical (unpaired) electrons. The fourth-order valence-electron chi connectivity index (χ4n) is 1.97. The first kappa shape index (κ1) is 19.3. The zero-order valence-corrected chi connectivity index (χ0v) is 14.1. The number of ether oxygens (including phenoxy) is 3. The van der Waals surface area contributed by atoms with Gasteiger partial charge in [-0.3, -0.25) is 10.1 Å². The number of aliphatic hydroxyl groups is 1. The molecule has 1 aromatic carbocycles. The Kier molecular flexibility index (Phi) is 6.93. The second-order valence-electron chi connectivity index (χ2n) is 6.00. The number of methoxy groups -OCH3 is 2. The average Bonchev–Trinajstić information content (AvgIpc) is 2.44. The molecule has 1 aromatic rings. The summed E-state index contributed by atoms with van der Waals surface area (Å²) in [7, 11) is 2.61. The number of nitrogens with one attached hydrogen (secondary N) is 1. The number of halogens is 1. The molecule has 0 fully saturated rings. The lowest BCUT2D eigenvalue weighted by atomic mass is 10.1. The predicted octanol–water partition coefficient (Wildman–Crippen LogP) is 1.60. The van der Waals surface area contributed by atoms with Crippen molar-refractivity contribution in [2.24, 2.45) is 0 Å². The van der Waals surface area contributed by atoms with E-state index in [1.165, 1.54) is 26.4 Å². The highest BCUT2D eigenvalue weighted by atomic mass is 19.1. The Morgan fingerprint density at radius 1 is 1.35 bits per heavy atom. The minimum absolute atomic E-state index is 0.118. The Morgan fingerprint density at radius 3 is 2.48 bits per heavy atom. The van der Waals surface area contributed by atoms with Gasteiger partial charge in [0, 0.05) is 0 Å². The maximum absolute atomic E-state index is 13.7.